The van der Waals surface area contributed by atoms with E-state index in [9.17, 15) is 4.89 Å². The van der Waals surface area contributed by atoms with Crippen molar-refractivity contribution in [1.29, 1.82) is 0 Å². The number of rotatable bonds is 6. The molecule has 3 unspecified atom stereocenters. The summed E-state index contributed by atoms with van der Waals surface area (Å²) in [7, 11) is 1.86. The molecule has 0 aromatic heterocycles. The van der Waals surface area contributed by atoms with Gasteiger partial charge in [-0.3, -0.25) is 0 Å². The Balaban J connectivity index is 2.30. The predicted octanol–water partition coefficient (Wildman–Crippen LogP) is 2.75. The fraction of sp³-hybridized carbons (Fsp3) is 1.00. The highest BCUT2D eigenvalue weighted by Crippen LogP contribution is 2.60. The molecule has 3 atom stereocenters. The molecule has 1 saturated carbocycles. The summed E-state index contributed by atoms with van der Waals surface area (Å²) in [6.07, 6.45) is 4.90. The molecule has 0 amide bonds. The molecule has 6 heteroatoms. The fourth-order valence-corrected chi connectivity index (χ4v) is 6.83. The maximum Gasteiger partial charge on any atom is 0.245 e. The number of hydrogen-bond donors (Lipinski definition) is 2. The van der Waals surface area contributed by atoms with Crippen LogP contribution in [0.5, 0.6) is 0 Å². The zero-order valence-electron chi connectivity index (χ0n) is 10.0. The van der Waals surface area contributed by atoms with Gasteiger partial charge in [-0.1, -0.05) is 31.1 Å². The van der Waals surface area contributed by atoms with E-state index in [0.717, 1.165) is 12.5 Å². The molecule has 3 nitrogen and oxygen atoms in total. The smallest absolute Gasteiger partial charge is 0.245 e. The molecular weight excluding hydrogens is 261 g/mol. The lowest BCUT2D eigenvalue weighted by Crippen LogP contribution is -2.16. The minimum atomic E-state index is -2.61. The van der Waals surface area contributed by atoms with E-state index in [0.29, 0.717) is 11.9 Å². The van der Waals surface area contributed by atoms with E-state index < -0.39 is 5.69 Å². The first-order chi connectivity index (χ1) is 7.53. The van der Waals surface area contributed by atoms with Crippen molar-refractivity contribution in [1.82, 2.24) is 5.32 Å². The Labute approximate surface area is 108 Å². The average molecular weight is 283 g/mol. The summed E-state index contributed by atoms with van der Waals surface area (Å²) < 4.78 is 5.39. The first-order valence-corrected chi connectivity index (χ1v) is 9.99. The number of likely N-dealkylation sites (N-methyl/N-ethyl adjacent to an activating group) is 1. The molecule has 0 aromatic carbocycles. The number of nitrogens with one attached hydrogen (secondary N) is 1. The van der Waals surface area contributed by atoms with Crippen LogP contribution in [0.4, 0.5) is 0 Å². The van der Waals surface area contributed by atoms with Crippen molar-refractivity contribution in [3.05, 3.63) is 0 Å². The van der Waals surface area contributed by atoms with Gasteiger partial charge < -0.3 is 14.7 Å². The molecule has 0 spiro atoms. The molecule has 1 fully saturated rings. The Morgan fingerprint density at radius 3 is 2.94 bits per heavy atom. The quantitative estimate of drug-likeness (QED) is 0.579. The number of hydrogen-bond acceptors (Lipinski definition) is 4. The Hall–Kier alpha value is 0.880. The molecule has 0 aliphatic heterocycles. The van der Waals surface area contributed by atoms with Gasteiger partial charge in [-0.2, -0.15) is 0 Å². The van der Waals surface area contributed by atoms with E-state index >= 15 is 0 Å². The van der Waals surface area contributed by atoms with Gasteiger partial charge in [0.05, 0.1) is 6.61 Å². The summed E-state index contributed by atoms with van der Waals surface area (Å²) in [4.78, 5) is 10.0. The Morgan fingerprint density at radius 1 is 1.56 bits per heavy atom. The van der Waals surface area contributed by atoms with Crippen LogP contribution < -0.4 is 5.32 Å². The molecule has 0 saturated heterocycles. The second-order valence-electron chi connectivity index (χ2n) is 4.40. The van der Waals surface area contributed by atoms with Crippen molar-refractivity contribution in [2.24, 2.45) is 5.92 Å². The monoisotopic (exact) mass is 283 g/mol. The molecule has 1 rings (SSSR count). The van der Waals surface area contributed by atoms with Gasteiger partial charge in [0.2, 0.25) is 5.69 Å². The van der Waals surface area contributed by atoms with Gasteiger partial charge in [0.15, 0.2) is 0 Å². The molecule has 0 bridgehead atoms. The van der Waals surface area contributed by atoms with Gasteiger partial charge in [0, 0.05) is 11.8 Å². The Bertz CT molecular complexity index is 253. The molecule has 1 aliphatic rings. The van der Waals surface area contributed by atoms with E-state index in [2.05, 4.69) is 12.2 Å². The van der Waals surface area contributed by atoms with Crippen molar-refractivity contribution < 1.29 is 9.42 Å². The summed E-state index contributed by atoms with van der Waals surface area (Å²) in [5.41, 5.74) is -2.61. The van der Waals surface area contributed by atoms with Gasteiger partial charge in [0.25, 0.3) is 0 Å². The SMILES string of the molecule is CNCCOP(O)(=S)SC1CCCC(C)C1. The lowest BCUT2D eigenvalue weighted by atomic mass is 9.91. The Morgan fingerprint density at radius 2 is 2.31 bits per heavy atom. The van der Waals surface area contributed by atoms with Crippen LogP contribution in [-0.4, -0.2) is 30.3 Å². The largest absolute Gasteiger partial charge is 0.337 e. The molecule has 0 heterocycles. The van der Waals surface area contributed by atoms with Gasteiger partial charge >= 0.3 is 0 Å². The molecule has 0 aromatic rings. The van der Waals surface area contributed by atoms with Crippen molar-refractivity contribution in [3.8, 4) is 0 Å². The second kappa shape index (κ2) is 7.34. The highest BCUT2D eigenvalue weighted by molar-refractivity contribution is 8.67. The third kappa shape index (κ3) is 5.99. The second-order valence-corrected chi connectivity index (χ2v) is 10.8. The van der Waals surface area contributed by atoms with Gasteiger partial charge in [-0.25, -0.2) is 0 Å². The lowest BCUT2D eigenvalue weighted by molar-refractivity contribution is 0.320. The highest BCUT2D eigenvalue weighted by Gasteiger charge is 2.26. The average Bonchev–Trinajstić information content (AvgIpc) is 2.17. The summed E-state index contributed by atoms with van der Waals surface area (Å²) in [5, 5.41) is 3.47. The van der Waals surface area contributed by atoms with E-state index in [1.807, 2.05) is 7.05 Å². The summed E-state index contributed by atoms with van der Waals surface area (Å²) >= 11 is 6.66. The van der Waals surface area contributed by atoms with E-state index in [4.69, 9.17) is 16.3 Å². The molecule has 16 heavy (non-hydrogen) atoms. The van der Waals surface area contributed by atoms with Crippen LogP contribution in [-0.2, 0) is 16.3 Å². The molecule has 0 radical (unpaired) electrons. The zero-order chi connectivity index (χ0) is 12.0. The third-order valence-electron chi connectivity index (χ3n) is 2.78. The minimum absolute atomic E-state index is 0.495. The lowest BCUT2D eigenvalue weighted by Gasteiger charge is -2.28. The van der Waals surface area contributed by atoms with Crippen molar-refractivity contribution >= 4 is 28.9 Å². The third-order valence-corrected chi connectivity index (χ3v) is 7.38. The normalized spacial score (nSPS) is 29.9. The minimum Gasteiger partial charge on any atom is -0.337 e. The molecule has 1 aliphatic carbocycles. The van der Waals surface area contributed by atoms with E-state index in [-0.39, 0.29) is 0 Å². The van der Waals surface area contributed by atoms with Crippen LogP contribution in [0, 0.1) is 5.92 Å². The molecule has 2 N–H and O–H groups in total. The topological polar surface area (TPSA) is 41.5 Å². The van der Waals surface area contributed by atoms with Crippen molar-refractivity contribution in [3.63, 3.8) is 0 Å². The van der Waals surface area contributed by atoms with Crippen LogP contribution in [0.3, 0.4) is 0 Å². The summed E-state index contributed by atoms with van der Waals surface area (Å²) in [5.74, 6) is 0.763. The fourth-order valence-electron chi connectivity index (χ4n) is 1.96. The predicted molar refractivity (Wildman–Crippen MR) is 75.4 cm³/mol. The molecule has 96 valence electrons. The van der Waals surface area contributed by atoms with Gasteiger partial charge in [-0.05, 0) is 37.6 Å². The van der Waals surface area contributed by atoms with E-state index in [1.54, 1.807) is 0 Å². The summed E-state index contributed by atoms with van der Waals surface area (Å²) in [6, 6.07) is 0. The first kappa shape index (κ1) is 14.9. The van der Waals surface area contributed by atoms with Gasteiger partial charge in [-0.15, -0.1) is 0 Å². The van der Waals surface area contributed by atoms with Crippen LogP contribution in [0.25, 0.3) is 0 Å². The maximum atomic E-state index is 10.0. The van der Waals surface area contributed by atoms with Gasteiger partial charge in [0.1, 0.15) is 0 Å². The van der Waals surface area contributed by atoms with Crippen LogP contribution in [0.15, 0.2) is 0 Å². The molecular formula is C10H22NO2PS2. The standard InChI is InChI=1S/C10H22NO2PS2/c1-9-4-3-5-10(8-9)16-14(12,15)13-7-6-11-2/h9-11H,3-8H2,1-2H3,(H,12,15). The Kier molecular flexibility index (Phi) is 6.86. The zero-order valence-corrected chi connectivity index (χ0v) is 12.5. The first-order valence-electron chi connectivity index (χ1n) is 5.84. The van der Waals surface area contributed by atoms with Crippen LogP contribution >= 0.6 is 17.1 Å². The van der Waals surface area contributed by atoms with Crippen molar-refractivity contribution in [2.75, 3.05) is 20.2 Å². The van der Waals surface area contributed by atoms with Crippen molar-refractivity contribution in [2.45, 2.75) is 37.9 Å². The van der Waals surface area contributed by atoms with Crippen LogP contribution in [0.1, 0.15) is 32.6 Å². The maximum absolute atomic E-state index is 10.0. The van der Waals surface area contributed by atoms with Crippen LogP contribution in [0.2, 0.25) is 0 Å². The van der Waals surface area contributed by atoms with E-state index in [1.165, 1.54) is 37.1 Å². The summed E-state index contributed by atoms with van der Waals surface area (Å²) in [6.45, 7) is 3.51. The highest BCUT2D eigenvalue weighted by atomic mass is 32.9.